The highest BCUT2D eigenvalue weighted by Crippen LogP contribution is 2.16. The van der Waals surface area contributed by atoms with Gasteiger partial charge < -0.3 is 10.5 Å². The molecule has 0 radical (unpaired) electrons. The number of pyridine rings is 1. The topological polar surface area (TPSA) is 48.1 Å². The molecule has 3 nitrogen and oxygen atoms in total. The lowest BCUT2D eigenvalue weighted by molar-refractivity contribution is 0.398. The van der Waals surface area contributed by atoms with Crippen molar-refractivity contribution in [1.82, 2.24) is 4.98 Å². The van der Waals surface area contributed by atoms with Crippen molar-refractivity contribution in [3.63, 3.8) is 0 Å². The minimum absolute atomic E-state index is 0.418. The molecule has 1 heterocycles. The summed E-state index contributed by atoms with van der Waals surface area (Å²) in [6.07, 6.45) is 1.62. The fourth-order valence-corrected chi connectivity index (χ4v) is 0.830. The van der Waals surface area contributed by atoms with Gasteiger partial charge in [-0.05, 0) is 28.1 Å². The number of anilines is 1. The standard InChI is InChI=1S/C6H7BrN2O/c7-4-10-5-2-1-3-9-6(5)8/h1-3H,4H2,(H2,8,9). The second kappa shape index (κ2) is 3.41. The van der Waals surface area contributed by atoms with Crippen molar-refractivity contribution in [3.8, 4) is 5.75 Å². The van der Waals surface area contributed by atoms with Crippen molar-refractivity contribution in [1.29, 1.82) is 0 Å². The molecule has 0 bridgehead atoms. The van der Waals surface area contributed by atoms with E-state index in [1.165, 1.54) is 0 Å². The zero-order valence-corrected chi connectivity index (χ0v) is 6.84. The Bertz CT molecular complexity index is 217. The van der Waals surface area contributed by atoms with Gasteiger partial charge in [0, 0.05) is 6.20 Å². The SMILES string of the molecule is Nc1ncccc1OCBr. The first-order chi connectivity index (χ1) is 4.84. The molecule has 0 aliphatic rings. The number of ether oxygens (including phenoxy) is 1. The van der Waals surface area contributed by atoms with Crippen LogP contribution in [0.5, 0.6) is 5.75 Å². The van der Waals surface area contributed by atoms with E-state index >= 15 is 0 Å². The molecule has 1 aromatic rings. The Labute approximate surface area is 67.3 Å². The van der Waals surface area contributed by atoms with Crippen LogP contribution in [0.1, 0.15) is 0 Å². The van der Waals surface area contributed by atoms with Crippen LogP contribution in [-0.2, 0) is 0 Å². The summed E-state index contributed by atoms with van der Waals surface area (Å²) in [5.74, 6) is 1.03. The molecule has 0 fully saturated rings. The Hall–Kier alpha value is -0.770. The zero-order valence-electron chi connectivity index (χ0n) is 5.25. The number of hydrogen-bond donors (Lipinski definition) is 1. The van der Waals surface area contributed by atoms with E-state index in [0.29, 0.717) is 17.1 Å². The van der Waals surface area contributed by atoms with Gasteiger partial charge in [0.15, 0.2) is 11.6 Å². The number of nitrogen functional groups attached to an aromatic ring is 1. The first kappa shape index (κ1) is 7.34. The van der Waals surface area contributed by atoms with Gasteiger partial charge >= 0.3 is 0 Å². The number of aromatic nitrogens is 1. The van der Waals surface area contributed by atoms with E-state index in [1.807, 2.05) is 0 Å². The highest BCUT2D eigenvalue weighted by molar-refractivity contribution is 9.09. The lowest BCUT2D eigenvalue weighted by atomic mass is 10.4. The zero-order chi connectivity index (χ0) is 7.40. The molecule has 0 spiro atoms. The Balaban J connectivity index is 2.81. The molecule has 10 heavy (non-hydrogen) atoms. The van der Waals surface area contributed by atoms with Gasteiger partial charge in [0.2, 0.25) is 0 Å². The highest BCUT2D eigenvalue weighted by atomic mass is 79.9. The third kappa shape index (κ3) is 1.60. The molecule has 1 aromatic heterocycles. The number of rotatable bonds is 2. The number of nitrogens with zero attached hydrogens (tertiary/aromatic N) is 1. The molecule has 0 unspecified atom stereocenters. The van der Waals surface area contributed by atoms with E-state index in [0.717, 1.165) is 0 Å². The Morgan fingerprint density at radius 3 is 3.10 bits per heavy atom. The van der Waals surface area contributed by atoms with Crippen LogP contribution < -0.4 is 10.5 Å². The van der Waals surface area contributed by atoms with E-state index in [2.05, 4.69) is 20.9 Å². The third-order valence-corrected chi connectivity index (χ3v) is 1.24. The Morgan fingerprint density at radius 2 is 2.50 bits per heavy atom. The summed E-state index contributed by atoms with van der Waals surface area (Å²) in [4.78, 5) is 3.83. The molecule has 0 saturated carbocycles. The van der Waals surface area contributed by atoms with Crippen molar-refractivity contribution < 1.29 is 4.74 Å². The summed E-state index contributed by atoms with van der Waals surface area (Å²) in [6, 6.07) is 3.54. The molecule has 4 heteroatoms. The molecule has 2 N–H and O–H groups in total. The second-order valence-corrected chi connectivity index (χ2v) is 2.10. The summed E-state index contributed by atoms with van der Waals surface area (Å²) in [5, 5.41) is 0. The fraction of sp³-hybridized carbons (Fsp3) is 0.167. The summed E-state index contributed by atoms with van der Waals surface area (Å²) in [5.41, 5.74) is 5.88. The highest BCUT2D eigenvalue weighted by Gasteiger charge is 1.96. The molecule has 0 aliphatic heterocycles. The van der Waals surface area contributed by atoms with Gasteiger partial charge in [-0.2, -0.15) is 0 Å². The lowest BCUT2D eigenvalue weighted by Crippen LogP contribution is -1.96. The van der Waals surface area contributed by atoms with Crippen molar-refractivity contribution in [2.75, 3.05) is 11.2 Å². The molecular weight excluding hydrogens is 196 g/mol. The average Bonchev–Trinajstić information content (AvgIpc) is 1.94. The third-order valence-electron chi connectivity index (χ3n) is 1.01. The lowest BCUT2D eigenvalue weighted by Gasteiger charge is -2.02. The number of alkyl halides is 1. The van der Waals surface area contributed by atoms with E-state index in [9.17, 15) is 0 Å². The molecule has 0 aromatic carbocycles. The van der Waals surface area contributed by atoms with E-state index < -0.39 is 0 Å². The molecule has 0 aliphatic carbocycles. The molecule has 0 atom stereocenters. The minimum Gasteiger partial charge on any atom is -0.479 e. The number of nitrogens with two attached hydrogens (primary N) is 1. The summed E-state index contributed by atoms with van der Waals surface area (Å²) < 4.78 is 5.07. The fourth-order valence-electron chi connectivity index (χ4n) is 0.584. The molecule has 54 valence electrons. The van der Waals surface area contributed by atoms with E-state index in [4.69, 9.17) is 10.5 Å². The first-order valence-corrected chi connectivity index (χ1v) is 3.86. The average molecular weight is 203 g/mol. The van der Waals surface area contributed by atoms with Crippen LogP contribution in [0.4, 0.5) is 5.82 Å². The van der Waals surface area contributed by atoms with E-state index in [1.54, 1.807) is 18.3 Å². The Kier molecular flexibility index (Phi) is 2.50. The largest absolute Gasteiger partial charge is 0.479 e. The first-order valence-electron chi connectivity index (χ1n) is 2.74. The normalized spacial score (nSPS) is 9.30. The minimum atomic E-state index is 0.418. The van der Waals surface area contributed by atoms with Crippen molar-refractivity contribution in [2.24, 2.45) is 0 Å². The van der Waals surface area contributed by atoms with Gasteiger partial charge in [-0.15, -0.1) is 0 Å². The molecule has 1 rings (SSSR count). The number of hydrogen-bond acceptors (Lipinski definition) is 3. The summed E-state index contributed by atoms with van der Waals surface area (Å²) in [6.45, 7) is 0. The maximum absolute atomic E-state index is 5.45. The van der Waals surface area contributed by atoms with Crippen LogP contribution >= 0.6 is 15.9 Å². The quantitative estimate of drug-likeness (QED) is 0.739. The van der Waals surface area contributed by atoms with Gasteiger partial charge in [0.1, 0.15) is 5.52 Å². The van der Waals surface area contributed by atoms with Gasteiger partial charge in [-0.25, -0.2) is 4.98 Å². The second-order valence-electron chi connectivity index (χ2n) is 1.64. The van der Waals surface area contributed by atoms with Gasteiger partial charge in [-0.1, -0.05) is 0 Å². The maximum atomic E-state index is 5.45. The predicted octanol–water partition coefficient (Wildman–Crippen LogP) is 1.40. The van der Waals surface area contributed by atoms with Crippen LogP contribution in [0.25, 0.3) is 0 Å². The molecule has 0 saturated heterocycles. The summed E-state index contributed by atoms with van der Waals surface area (Å²) in [7, 11) is 0. The molecular formula is C6H7BrN2O. The van der Waals surface area contributed by atoms with Crippen molar-refractivity contribution >= 4 is 21.7 Å². The maximum Gasteiger partial charge on any atom is 0.166 e. The van der Waals surface area contributed by atoms with Gasteiger partial charge in [0.05, 0.1) is 0 Å². The number of halogens is 1. The van der Waals surface area contributed by atoms with Gasteiger partial charge in [-0.3, -0.25) is 0 Å². The van der Waals surface area contributed by atoms with Crippen molar-refractivity contribution in [2.45, 2.75) is 0 Å². The van der Waals surface area contributed by atoms with Crippen LogP contribution in [0.15, 0.2) is 18.3 Å². The van der Waals surface area contributed by atoms with Crippen LogP contribution in [0, 0.1) is 0 Å². The molecule has 0 amide bonds. The smallest absolute Gasteiger partial charge is 0.166 e. The van der Waals surface area contributed by atoms with E-state index in [-0.39, 0.29) is 0 Å². The van der Waals surface area contributed by atoms with Crippen LogP contribution in [0.2, 0.25) is 0 Å². The van der Waals surface area contributed by atoms with Gasteiger partial charge in [0.25, 0.3) is 0 Å². The van der Waals surface area contributed by atoms with Crippen LogP contribution in [0.3, 0.4) is 0 Å². The Morgan fingerprint density at radius 1 is 1.70 bits per heavy atom. The monoisotopic (exact) mass is 202 g/mol. The van der Waals surface area contributed by atoms with Crippen molar-refractivity contribution in [3.05, 3.63) is 18.3 Å². The summed E-state index contributed by atoms with van der Waals surface area (Å²) >= 11 is 3.11. The van der Waals surface area contributed by atoms with Crippen LogP contribution in [-0.4, -0.2) is 10.5 Å². The predicted molar refractivity (Wildman–Crippen MR) is 43.1 cm³/mol.